The number of likely N-dealkylation sites (N-methyl/N-ethyl adjacent to an activating group) is 1. The topological polar surface area (TPSA) is 41.6 Å². The van der Waals surface area contributed by atoms with Gasteiger partial charge in [-0.15, -0.1) is 0 Å². The number of carbonyl (C=O) groups is 1. The molecule has 2 fully saturated rings. The fraction of sp³-hybridized carbons (Fsp3) is 0.923. The van der Waals surface area contributed by atoms with Gasteiger partial charge in [0.15, 0.2) is 0 Å². The van der Waals surface area contributed by atoms with E-state index >= 15 is 0 Å². The van der Waals surface area contributed by atoms with Gasteiger partial charge in [0.1, 0.15) is 5.54 Å². The van der Waals surface area contributed by atoms with Crippen molar-refractivity contribution in [1.29, 1.82) is 0 Å². The Morgan fingerprint density at radius 1 is 1.47 bits per heavy atom. The molecule has 3 unspecified atom stereocenters. The van der Waals surface area contributed by atoms with E-state index in [1.165, 1.54) is 26.4 Å². The molecular weight excluding hydrogens is 216 g/mol. The van der Waals surface area contributed by atoms with Gasteiger partial charge in [0.05, 0.1) is 7.11 Å². The zero-order chi connectivity index (χ0) is 12.5. The third-order valence-corrected chi connectivity index (χ3v) is 4.40. The molecule has 4 heteroatoms. The van der Waals surface area contributed by atoms with Gasteiger partial charge in [0, 0.05) is 13.1 Å². The highest BCUT2D eigenvalue weighted by atomic mass is 16.5. The van der Waals surface area contributed by atoms with E-state index in [-0.39, 0.29) is 11.5 Å². The number of fused-ring (bicyclic) bond motifs is 2. The maximum Gasteiger partial charge on any atom is 0.326 e. The SMILES string of the molecule is COC(=O)C1(NCCN(C)C)CC2CCC1C2. The van der Waals surface area contributed by atoms with Crippen molar-refractivity contribution in [2.24, 2.45) is 11.8 Å². The number of hydrogen-bond donors (Lipinski definition) is 1. The summed E-state index contributed by atoms with van der Waals surface area (Å²) in [5, 5.41) is 3.49. The van der Waals surface area contributed by atoms with Crippen molar-refractivity contribution in [1.82, 2.24) is 10.2 Å². The molecule has 2 aliphatic carbocycles. The first-order valence-corrected chi connectivity index (χ1v) is 6.56. The lowest BCUT2D eigenvalue weighted by Gasteiger charge is -2.36. The average Bonchev–Trinajstić information content (AvgIpc) is 2.88. The van der Waals surface area contributed by atoms with Crippen LogP contribution in [0.5, 0.6) is 0 Å². The number of ether oxygens (including phenoxy) is 1. The van der Waals surface area contributed by atoms with E-state index < -0.39 is 0 Å². The van der Waals surface area contributed by atoms with Crippen LogP contribution in [0.15, 0.2) is 0 Å². The van der Waals surface area contributed by atoms with Crippen LogP contribution in [0.4, 0.5) is 0 Å². The molecule has 2 rings (SSSR count). The summed E-state index contributed by atoms with van der Waals surface area (Å²) in [7, 11) is 5.60. The van der Waals surface area contributed by atoms with E-state index in [0.717, 1.165) is 25.4 Å². The molecule has 0 heterocycles. The minimum absolute atomic E-state index is 0.0524. The summed E-state index contributed by atoms with van der Waals surface area (Å²) in [6.45, 7) is 1.81. The molecule has 98 valence electrons. The number of esters is 1. The number of hydrogen-bond acceptors (Lipinski definition) is 4. The Labute approximate surface area is 104 Å². The first-order valence-electron chi connectivity index (χ1n) is 6.56. The van der Waals surface area contributed by atoms with Crippen LogP contribution >= 0.6 is 0 Å². The monoisotopic (exact) mass is 240 g/mol. The summed E-state index contributed by atoms with van der Waals surface area (Å²) in [5.41, 5.74) is -0.381. The van der Waals surface area contributed by atoms with Crippen molar-refractivity contribution in [2.45, 2.75) is 31.2 Å². The highest BCUT2D eigenvalue weighted by Crippen LogP contribution is 2.51. The molecule has 2 saturated carbocycles. The van der Waals surface area contributed by atoms with Gasteiger partial charge in [-0.25, -0.2) is 0 Å². The molecule has 0 amide bonds. The second-order valence-electron chi connectivity index (χ2n) is 5.77. The predicted molar refractivity (Wildman–Crippen MR) is 66.8 cm³/mol. The molecule has 0 saturated heterocycles. The number of rotatable bonds is 5. The summed E-state index contributed by atoms with van der Waals surface area (Å²) in [5.74, 6) is 1.16. The van der Waals surface area contributed by atoms with E-state index in [9.17, 15) is 4.79 Å². The Morgan fingerprint density at radius 2 is 2.24 bits per heavy atom. The Kier molecular flexibility index (Phi) is 3.73. The fourth-order valence-electron chi connectivity index (χ4n) is 3.55. The summed E-state index contributed by atoms with van der Waals surface area (Å²) in [6, 6.07) is 0. The van der Waals surface area contributed by atoms with Crippen LogP contribution in [0.3, 0.4) is 0 Å². The largest absolute Gasteiger partial charge is 0.468 e. The average molecular weight is 240 g/mol. The number of nitrogens with zero attached hydrogens (tertiary/aromatic N) is 1. The third kappa shape index (κ3) is 2.33. The Hall–Kier alpha value is -0.610. The van der Waals surface area contributed by atoms with Crippen molar-refractivity contribution < 1.29 is 9.53 Å². The molecule has 1 N–H and O–H groups in total. The number of carbonyl (C=O) groups excluding carboxylic acids is 1. The first-order chi connectivity index (χ1) is 8.08. The zero-order valence-corrected chi connectivity index (χ0v) is 11.2. The van der Waals surface area contributed by atoms with E-state index in [0.29, 0.717) is 5.92 Å². The van der Waals surface area contributed by atoms with Gasteiger partial charge in [0.2, 0.25) is 0 Å². The lowest BCUT2D eigenvalue weighted by Crippen LogP contribution is -2.57. The lowest BCUT2D eigenvalue weighted by molar-refractivity contribution is -0.151. The summed E-state index contributed by atoms with van der Waals surface area (Å²) in [4.78, 5) is 14.2. The van der Waals surface area contributed by atoms with Crippen LogP contribution in [0.1, 0.15) is 25.7 Å². The normalized spacial score (nSPS) is 35.5. The lowest BCUT2D eigenvalue weighted by atomic mass is 9.81. The van der Waals surface area contributed by atoms with Crippen LogP contribution in [-0.2, 0) is 9.53 Å². The van der Waals surface area contributed by atoms with Crippen molar-refractivity contribution in [2.75, 3.05) is 34.3 Å². The van der Waals surface area contributed by atoms with E-state index in [1.54, 1.807) is 0 Å². The van der Waals surface area contributed by atoms with E-state index in [1.807, 2.05) is 14.1 Å². The summed E-state index contributed by atoms with van der Waals surface area (Å²) >= 11 is 0. The molecule has 2 aliphatic rings. The number of nitrogens with one attached hydrogen (secondary N) is 1. The maximum absolute atomic E-state index is 12.1. The maximum atomic E-state index is 12.1. The van der Waals surface area contributed by atoms with Crippen molar-refractivity contribution >= 4 is 5.97 Å². The quantitative estimate of drug-likeness (QED) is 0.724. The minimum Gasteiger partial charge on any atom is -0.468 e. The highest BCUT2D eigenvalue weighted by Gasteiger charge is 2.56. The zero-order valence-electron chi connectivity index (χ0n) is 11.2. The molecule has 3 atom stereocenters. The number of methoxy groups -OCH3 is 1. The molecule has 2 bridgehead atoms. The molecule has 0 radical (unpaired) electrons. The van der Waals surface area contributed by atoms with Gasteiger partial charge in [-0.2, -0.15) is 0 Å². The van der Waals surface area contributed by atoms with E-state index in [4.69, 9.17) is 4.74 Å². The molecule has 4 nitrogen and oxygen atoms in total. The van der Waals surface area contributed by atoms with Gasteiger partial charge in [-0.3, -0.25) is 4.79 Å². The second kappa shape index (κ2) is 4.94. The van der Waals surface area contributed by atoms with Gasteiger partial charge in [0.25, 0.3) is 0 Å². The van der Waals surface area contributed by atoms with Gasteiger partial charge < -0.3 is 15.0 Å². The smallest absolute Gasteiger partial charge is 0.326 e. The van der Waals surface area contributed by atoms with Crippen molar-refractivity contribution in [3.63, 3.8) is 0 Å². The minimum atomic E-state index is -0.381. The van der Waals surface area contributed by atoms with Gasteiger partial charge >= 0.3 is 5.97 Å². The van der Waals surface area contributed by atoms with Crippen molar-refractivity contribution in [3.8, 4) is 0 Å². The molecule has 0 aromatic carbocycles. The molecule has 17 heavy (non-hydrogen) atoms. The molecule has 0 aromatic heterocycles. The van der Waals surface area contributed by atoms with Gasteiger partial charge in [-0.05, 0) is 45.2 Å². The predicted octanol–water partition coefficient (Wildman–Crippen LogP) is 0.869. The van der Waals surface area contributed by atoms with Gasteiger partial charge in [-0.1, -0.05) is 6.42 Å². The molecule has 0 spiro atoms. The Morgan fingerprint density at radius 3 is 2.71 bits per heavy atom. The van der Waals surface area contributed by atoms with Crippen LogP contribution in [0.2, 0.25) is 0 Å². The Balaban J connectivity index is 2.01. The standard InChI is InChI=1S/C13H24N2O2/c1-15(2)7-6-14-13(12(16)17-3)9-10-4-5-11(13)8-10/h10-11,14H,4-9H2,1-3H3. The highest BCUT2D eigenvalue weighted by molar-refractivity contribution is 5.82. The molecule has 0 aromatic rings. The van der Waals surface area contributed by atoms with Crippen LogP contribution in [0.25, 0.3) is 0 Å². The first kappa shape index (κ1) is 12.8. The Bertz CT molecular complexity index is 293. The van der Waals surface area contributed by atoms with Crippen molar-refractivity contribution in [3.05, 3.63) is 0 Å². The summed E-state index contributed by atoms with van der Waals surface area (Å²) in [6.07, 6.45) is 4.63. The van der Waals surface area contributed by atoms with E-state index in [2.05, 4.69) is 10.2 Å². The van der Waals surface area contributed by atoms with Crippen LogP contribution in [-0.4, -0.2) is 50.7 Å². The fourth-order valence-corrected chi connectivity index (χ4v) is 3.55. The molecule has 0 aliphatic heterocycles. The van der Waals surface area contributed by atoms with Crippen LogP contribution < -0.4 is 5.32 Å². The second-order valence-corrected chi connectivity index (χ2v) is 5.77. The third-order valence-electron chi connectivity index (χ3n) is 4.40. The summed E-state index contributed by atoms with van der Waals surface area (Å²) < 4.78 is 5.03. The van der Waals surface area contributed by atoms with Crippen LogP contribution in [0, 0.1) is 11.8 Å². The molecular formula is C13H24N2O2.